The van der Waals surface area contributed by atoms with Crippen LogP contribution in [-0.4, -0.2) is 29.3 Å². The zero-order chi connectivity index (χ0) is 13.3. The van der Waals surface area contributed by atoms with Crippen LogP contribution < -0.4 is 5.32 Å². The maximum Gasteiger partial charge on any atom is 0.335 e. The number of rotatable bonds is 3. The molecule has 1 fully saturated rings. The number of benzene rings is 1. The fraction of sp³-hybridized carbons (Fsp3) is 0.462. The van der Waals surface area contributed by atoms with E-state index in [0.717, 1.165) is 12.5 Å². The Labute approximate surface area is 105 Å². The largest absolute Gasteiger partial charge is 0.478 e. The molecule has 0 amide bonds. The molecule has 2 unspecified atom stereocenters. The number of nitrogens with one attached hydrogen (secondary N) is 1. The van der Waals surface area contributed by atoms with E-state index in [-0.39, 0.29) is 17.2 Å². The van der Waals surface area contributed by atoms with Crippen LogP contribution in [0, 0.1) is 5.82 Å². The van der Waals surface area contributed by atoms with Gasteiger partial charge in [-0.05, 0) is 38.5 Å². The van der Waals surface area contributed by atoms with E-state index >= 15 is 0 Å². The van der Waals surface area contributed by atoms with E-state index in [4.69, 9.17) is 9.84 Å². The Bertz CT molecular complexity index is 477. The van der Waals surface area contributed by atoms with Gasteiger partial charge in [-0.25, -0.2) is 9.18 Å². The van der Waals surface area contributed by atoms with Gasteiger partial charge in [0.25, 0.3) is 0 Å². The van der Waals surface area contributed by atoms with Crippen molar-refractivity contribution >= 4 is 11.7 Å². The summed E-state index contributed by atoms with van der Waals surface area (Å²) in [7, 11) is 0. The fourth-order valence-electron chi connectivity index (χ4n) is 2.06. The molecule has 2 atom stereocenters. The minimum atomic E-state index is -1.13. The van der Waals surface area contributed by atoms with E-state index < -0.39 is 11.8 Å². The third-order valence-corrected chi connectivity index (χ3v) is 3.52. The number of aromatic carboxylic acids is 1. The summed E-state index contributed by atoms with van der Waals surface area (Å²) in [4.78, 5) is 10.7. The van der Waals surface area contributed by atoms with E-state index in [1.807, 2.05) is 13.8 Å². The molecule has 1 aliphatic heterocycles. The Hall–Kier alpha value is -1.62. The van der Waals surface area contributed by atoms with Crippen molar-refractivity contribution in [3.05, 3.63) is 29.6 Å². The number of halogens is 1. The molecular weight excluding hydrogens is 237 g/mol. The lowest BCUT2D eigenvalue weighted by molar-refractivity contribution is 0.0696. The number of carbonyl (C=O) groups is 1. The number of carboxylic acid groups (broad SMARTS) is 1. The van der Waals surface area contributed by atoms with Crippen molar-refractivity contribution in [1.29, 1.82) is 0 Å². The smallest absolute Gasteiger partial charge is 0.335 e. The number of carboxylic acids is 1. The Kier molecular flexibility index (Phi) is 3.26. The summed E-state index contributed by atoms with van der Waals surface area (Å²) in [5.41, 5.74) is -0.0789. The molecule has 2 rings (SSSR count). The van der Waals surface area contributed by atoms with Crippen LogP contribution in [-0.2, 0) is 4.74 Å². The molecular formula is C13H16FNO3. The van der Waals surface area contributed by atoms with Crippen molar-refractivity contribution in [2.75, 3.05) is 11.9 Å². The Morgan fingerprint density at radius 3 is 2.83 bits per heavy atom. The first-order chi connectivity index (χ1) is 8.42. The van der Waals surface area contributed by atoms with Crippen LogP contribution in [0.1, 0.15) is 30.6 Å². The summed E-state index contributed by atoms with van der Waals surface area (Å²) in [6.07, 6.45) is 0.768. The van der Waals surface area contributed by atoms with Gasteiger partial charge in [-0.1, -0.05) is 0 Å². The quantitative estimate of drug-likeness (QED) is 0.869. The predicted molar refractivity (Wildman–Crippen MR) is 65.4 cm³/mol. The van der Waals surface area contributed by atoms with Crippen LogP contribution in [0.2, 0.25) is 0 Å². The number of anilines is 1. The van der Waals surface area contributed by atoms with Crippen LogP contribution in [0.5, 0.6) is 0 Å². The molecule has 1 aromatic rings. The summed E-state index contributed by atoms with van der Waals surface area (Å²) in [5.74, 6) is -1.69. The second-order valence-electron chi connectivity index (χ2n) is 4.81. The van der Waals surface area contributed by atoms with Crippen LogP contribution in [0.25, 0.3) is 0 Å². The van der Waals surface area contributed by atoms with Gasteiger partial charge in [0.1, 0.15) is 5.82 Å². The molecule has 18 heavy (non-hydrogen) atoms. The Morgan fingerprint density at radius 1 is 1.61 bits per heavy atom. The number of hydrogen-bond donors (Lipinski definition) is 2. The van der Waals surface area contributed by atoms with Gasteiger partial charge in [0.15, 0.2) is 0 Å². The third kappa shape index (κ3) is 2.31. The molecule has 0 aromatic heterocycles. The van der Waals surface area contributed by atoms with Gasteiger partial charge < -0.3 is 15.2 Å². The highest BCUT2D eigenvalue weighted by Gasteiger charge is 2.37. The number of ether oxygens (including phenoxy) is 1. The Morgan fingerprint density at radius 2 is 2.33 bits per heavy atom. The van der Waals surface area contributed by atoms with Gasteiger partial charge in [0.2, 0.25) is 0 Å². The van der Waals surface area contributed by atoms with Crippen molar-refractivity contribution in [2.45, 2.75) is 31.9 Å². The summed E-state index contributed by atoms with van der Waals surface area (Å²) >= 11 is 0. The van der Waals surface area contributed by atoms with Crippen molar-refractivity contribution in [3.8, 4) is 0 Å². The second-order valence-corrected chi connectivity index (χ2v) is 4.81. The summed E-state index contributed by atoms with van der Waals surface area (Å²) in [5, 5.41) is 11.9. The first-order valence-corrected chi connectivity index (χ1v) is 5.85. The average molecular weight is 253 g/mol. The molecule has 0 aliphatic carbocycles. The van der Waals surface area contributed by atoms with E-state index in [1.165, 1.54) is 12.1 Å². The molecule has 1 aliphatic rings. The first kappa shape index (κ1) is 12.8. The fourth-order valence-corrected chi connectivity index (χ4v) is 2.06. The van der Waals surface area contributed by atoms with Crippen LogP contribution >= 0.6 is 0 Å². The first-order valence-electron chi connectivity index (χ1n) is 5.85. The zero-order valence-electron chi connectivity index (χ0n) is 10.4. The van der Waals surface area contributed by atoms with Crippen molar-refractivity contribution in [3.63, 3.8) is 0 Å². The lowest BCUT2D eigenvalue weighted by Gasteiger charge is -2.30. The lowest BCUT2D eigenvalue weighted by atomic mass is 9.94. The molecule has 0 spiro atoms. The highest BCUT2D eigenvalue weighted by Crippen LogP contribution is 2.30. The molecule has 1 aromatic carbocycles. The van der Waals surface area contributed by atoms with E-state index in [9.17, 15) is 9.18 Å². The van der Waals surface area contributed by atoms with Gasteiger partial charge in [-0.2, -0.15) is 0 Å². The molecule has 2 N–H and O–H groups in total. The average Bonchev–Trinajstić information content (AvgIpc) is 2.62. The lowest BCUT2D eigenvalue weighted by Crippen LogP contribution is -2.41. The van der Waals surface area contributed by atoms with E-state index in [2.05, 4.69) is 5.32 Å². The predicted octanol–water partition coefficient (Wildman–Crippen LogP) is 2.50. The molecule has 4 nitrogen and oxygen atoms in total. The van der Waals surface area contributed by atoms with Gasteiger partial charge in [0.05, 0.1) is 22.9 Å². The Balaban J connectivity index is 2.22. The number of hydrogen-bond acceptors (Lipinski definition) is 3. The third-order valence-electron chi connectivity index (χ3n) is 3.52. The summed E-state index contributed by atoms with van der Waals surface area (Å²) in [6, 6.07) is 3.86. The van der Waals surface area contributed by atoms with Crippen LogP contribution in [0.3, 0.4) is 0 Å². The minimum Gasteiger partial charge on any atom is -0.478 e. The summed E-state index contributed by atoms with van der Waals surface area (Å²) in [6.45, 7) is 4.54. The summed E-state index contributed by atoms with van der Waals surface area (Å²) < 4.78 is 19.3. The minimum absolute atomic E-state index is 0.0175. The highest BCUT2D eigenvalue weighted by molar-refractivity contribution is 5.88. The monoisotopic (exact) mass is 253 g/mol. The molecule has 1 saturated heterocycles. The van der Waals surface area contributed by atoms with Crippen LogP contribution in [0.15, 0.2) is 18.2 Å². The topological polar surface area (TPSA) is 58.6 Å². The molecule has 1 heterocycles. The SMILES string of the molecule is CC1OCCC1(C)Nc1ccc(C(=O)O)cc1F. The maximum atomic E-state index is 13.8. The van der Waals surface area contributed by atoms with Crippen LogP contribution in [0.4, 0.5) is 10.1 Å². The van der Waals surface area contributed by atoms with Crippen molar-refractivity contribution in [1.82, 2.24) is 0 Å². The van der Waals surface area contributed by atoms with Gasteiger partial charge in [0, 0.05) is 6.61 Å². The van der Waals surface area contributed by atoms with Crippen molar-refractivity contribution in [2.24, 2.45) is 0 Å². The molecule has 98 valence electrons. The normalized spacial score (nSPS) is 27.2. The van der Waals surface area contributed by atoms with Gasteiger partial charge in [-0.3, -0.25) is 0 Å². The maximum absolute atomic E-state index is 13.8. The van der Waals surface area contributed by atoms with Gasteiger partial charge in [-0.15, -0.1) is 0 Å². The standard InChI is InChI=1S/C13H16FNO3/c1-8-13(2,5-6-18-8)15-11-4-3-9(12(16)17)7-10(11)14/h3-4,7-8,15H,5-6H2,1-2H3,(H,16,17). The van der Waals surface area contributed by atoms with E-state index in [1.54, 1.807) is 0 Å². The van der Waals surface area contributed by atoms with Crippen molar-refractivity contribution < 1.29 is 19.0 Å². The molecule has 0 radical (unpaired) electrons. The van der Waals surface area contributed by atoms with Gasteiger partial charge >= 0.3 is 5.97 Å². The zero-order valence-corrected chi connectivity index (χ0v) is 10.4. The highest BCUT2D eigenvalue weighted by atomic mass is 19.1. The second kappa shape index (κ2) is 4.57. The molecule has 5 heteroatoms. The molecule has 0 saturated carbocycles. The molecule has 0 bridgehead atoms. The van der Waals surface area contributed by atoms with E-state index in [0.29, 0.717) is 12.3 Å².